The van der Waals surface area contributed by atoms with Crippen LogP contribution in [0, 0.1) is 0 Å². The Labute approximate surface area is 82.9 Å². The summed E-state index contributed by atoms with van der Waals surface area (Å²) >= 11 is 0. The molecule has 0 aromatic rings. The largest absolute Gasteiger partial charge is 0.481 e. The van der Waals surface area contributed by atoms with E-state index < -0.39 is 5.97 Å². The van der Waals surface area contributed by atoms with Crippen LogP contribution >= 0.6 is 0 Å². The van der Waals surface area contributed by atoms with Crippen molar-refractivity contribution in [3.8, 4) is 0 Å². The molecule has 80 valence electrons. The van der Waals surface area contributed by atoms with Gasteiger partial charge in [-0.05, 0) is 12.8 Å². The number of aliphatic carboxylic acids is 1. The molecule has 1 aliphatic carbocycles. The predicted molar refractivity (Wildman–Crippen MR) is 50.9 cm³/mol. The molecule has 0 spiro atoms. The molecule has 0 unspecified atom stereocenters. The molecule has 0 radical (unpaired) electrons. The van der Waals surface area contributed by atoms with E-state index in [1.165, 1.54) is 12.8 Å². The van der Waals surface area contributed by atoms with Crippen molar-refractivity contribution in [3.63, 3.8) is 0 Å². The summed E-state index contributed by atoms with van der Waals surface area (Å²) in [6.45, 7) is 0.904. The SMILES string of the molecule is O=C(O)CCNC(=O)CCNC1CC1. The van der Waals surface area contributed by atoms with Crippen molar-refractivity contribution >= 4 is 11.9 Å². The molecular weight excluding hydrogens is 184 g/mol. The zero-order chi connectivity index (χ0) is 10.4. The highest BCUT2D eigenvalue weighted by molar-refractivity contribution is 5.76. The summed E-state index contributed by atoms with van der Waals surface area (Å²) in [5, 5.41) is 14.1. The van der Waals surface area contributed by atoms with Gasteiger partial charge in [0, 0.05) is 25.6 Å². The number of nitrogens with one attached hydrogen (secondary N) is 2. The Bertz CT molecular complexity index is 214. The van der Waals surface area contributed by atoms with Crippen LogP contribution in [-0.4, -0.2) is 36.1 Å². The highest BCUT2D eigenvalue weighted by atomic mass is 16.4. The summed E-state index contributed by atoms with van der Waals surface area (Å²) in [5.74, 6) is -0.971. The number of carbonyl (C=O) groups is 2. The lowest BCUT2D eigenvalue weighted by molar-refractivity contribution is -0.136. The normalized spacial score (nSPS) is 15.1. The van der Waals surface area contributed by atoms with E-state index in [0.29, 0.717) is 19.0 Å². The molecule has 5 nitrogen and oxygen atoms in total. The second-order valence-corrected chi connectivity index (χ2v) is 3.47. The zero-order valence-electron chi connectivity index (χ0n) is 8.08. The second-order valence-electron chi connectivity index (χ2n) is 3.47. The minimum Gasteiger partial charge on any atom is -0.481 e. The average Bonchev–Trinajstić information content (AvgIpc) is 2.87. The molecule has 1 aliphatic rings. The van der Waals surface area contributed by atoms with E-state index >= 15 is 0 Å². The van der Waals surface area contributed by atoms with Gasteiger partial charge in [-0.3, -0.25) is 9.59 Å². The van der Waals surface area contributed by atoms with Crippen molar-refractivity contribution in [1.82, 2.24) is 10.6 Å². The van der Waals surface area contributed by atoms with Crippen molar-refractivity contribution in [3.05, 3.63) is 0 Å². The highest BCUT2D eigenvalue weighted by Crippen LogP contribution is 2.18. The third-order valence-electron chi connectivity index (χ3n) is 2.02. The van der Waals surface area contributed by atoms with Gasteiger partial charge in [0.25, 0.3) is 0 Å². The molecule has 0 heterocycles. The topological polar surface area (TPSA) is 78.4 Å². The van der Waals surface area contributed by atoms with Crippen molar-refractivity contribution < 1.29 is 14.7 Å². The van der Waals surface area contributed by atoms with Crippen molar-refractivity contribution in [2.24, 2.45) is 0 Å². The van der Waals surface area contributed by atoms with Crippen LogP contribution in [-0.2, 0) is 9.59 Å². The van der Waals surface area contributed by atoms with E-state index in [1.54, 1.807) is 0 Å². The number of hydrogen-bond donors (Lipinski definition) is 3. The van der Waals surface area contributed by atoms with Gasteiger partial charge in [0.05, 0.1) is 6.42 Å². The molecule has 0 saturated heterocycles. The van der Waals surface area contributed by atoms with Crippen LogP contribution in [0.25, 0.3) is 0 Å². The van der Waals surface area contributed by atoms with Gasteiger partial charge in [-0.2, -0.15) is 0 Å². The van der Waals surface area contributed by atoms with Crippen LogP contribution < -0.4 is 10.6 Å². The third kappa shape index (κ3) is 5.53. The molecule has 0 aromatic carbocycles. The number of amides is 1. The fourth-order valence-electron chi connectivity index (χ4n) is 1.07. The second kappa shape index (κ2) is 5.59. The zero-order valence-corrected chi connectivity index (χ0v) is 8.08. The predicted octanol–water partition coefficient (Wildman–Crippen LogP) is -0.281. The van der Waals surface area contributed by atoms with Crippen molar-refractivity contribution in [2.75, 3.05) is 13.1 Å². The first-order chi connectivity index (χ1) is 6.68. The van der Waals surface area contributed by atoms with Gasteiger partial charge in [-0.25, -0.2) is 0 Å². The Morgan fingerprint density at radius 1 is 1.21 bits per heavy atom. The maximum Gasteiger partial charge on any atom is 0.305 e. The molecule has 0 bridgehead atoms. The van der Waals surface area contributed by atoms with E-state index in [1.807, 2.05) is 0 Å². The minimum absolute atomic E-state index is 0.0121. The molecule has 0 atom stereocenters. The first-order valence-corrected chi connectivity index (χ1v) is 4.90. The summed E-state index contributed by atoms with van der Waals surface area (Å²) in [4.78, 5) is 21.2. The number of hydrogen-bond acceptors (Lipinski definition) is 3. The average molecular weight is 200 g/mol. The van der Waals surface area contributed by atoms with Crippen LogP contribution in [0.2, 0.25) is 0 Å². The Kier molecular flexibility index (Phi) is 4.39. The summed E-state index contributed by atoms with van der Waals surface area (Å²) < 4.78 is 0. The summed E-state index contributed by atoms with van der Waals surface area (Å²) in [6, 6.07) is 0.613. The van der Waals surface area contributed by atoms with Gasteiger partial charge in [0.15, 0.2) is 0 Å². The molecular formula is C9H16N2O3. The third-order valence-corrected chi connectivity index (χ3v) is 2.02. The Morgan fingerprint density at radius 2 is 1.93 bits per heavy atom. The van der Waals surface area contributed by atoms with Gasteiger partial charge in [0.1, 0.15) is 0 Å². The van der Waals surface area contributed by atoms with Crippen LogP contribution in [0.4, 0.5) is 0 Å². The fourth-order valence-corrected chi connectivity index (χ4v) is 1.07. The quantitative estimate of drug-likeness (QED) is 0.528. The van der Waals surface area contributed by atoms with Crippen LogP contribution in [0.1, 0.15) is 25.7 Å². The van der Waals surface area contributed by atoms with E-state index in [4.69, 9.17) is 5.11 Å². The maximum absolute atomic E-state index is 11.1. The van der Waals surface area contributed by atoms with Gasteiger partial charge >= 0.3 is 5.97 Å². The monoisotopic (exact) mass is 200 g/mol. The van der Waals surface area contributed by atoms with E-state index in [9.17, 15) is 9.59 Å². The highest BCUT2D eigenvalue weighted by Gasteiger charge is 2.19. The van der Waals surface area contributed by atoms with Crippen molar-refractivity contribution in [2.45, 2.75) is 31.7 Å². The van der Waals surface area contributed by atoms with Crippen molar-refractivity contribution in [1.29, 1.82) is 0 Å². The number of carbonyl (C=O) groups excluding carboxylic acids is 1. The molecule has 0 aliphatic heterocycles. The smallest absolute Gasteiger partial charge is 0.305 e. The van der Waals surface area contributed by atoms with Crippen LogP contribution in [0.5, 0.6) is 0 Å². The molecule has 3 N–H and O–H groups in total. The molecule has 5 heteroatoms. The van der Waals surface area contributed by atoms with Crippen LogP contribution in [0.3, 0.4) is 0 Å². The molecule has 1 saturated carbocycles. The Hall–Kier alpha value is -1.10. The van der Waals surface area contributed by atoms with E-state index in [0.717, 1.165) is 0 Å². The Morgan fingerprint density at radius 3 is 2.50 bits per heavy atom. The lowest BCUT2D eigenvalue weighted by Gasteiger charge is -2.03. The van der Waals surface area contributed by atoms with E-state index in [-0.39, 0.29) is 18.9 Å². The number of carboxylic acids is 1. The molecule has 0 aromatic heterocycles. The molecule has 14 heavy (non-hydrogen) atoms. The lowest BCUT2D eigenvalue weighted by Crippen LogP contribution is -2.29. The summed E-state index contributed by atoms with van der Waals surface area (Å²) in [6.07, 6.45) is 2.83. The summed E-state index contributed by atoms with van der Waals surface area (Å²) in [5.41, 5.74) is 0. The van der Waals surface area contributed by atoms with Gasteiger partial charge < -0.3 is 15.7 Å². The molecule has 1 rings (SSSR count). The number of rotatable bonds is 7. The van der Waals surface area contributed by atoms with Gasteiger partial charge in [-0.15, -0.1) is 0 Å². The van der Waals surface area contributed by atoms with Crippen LogP contribution in [0.15, 0.2) is 0 Å². The fraction of sp³-hybridized carbons (Fsp3) is 0.778. The summed E-state index contributed by atoms with van der Waals surface area (Å²) in [7, 11) is 0. The first-order valence-electron chi connectivity index (χ1n) is 4.90. The maximum atomic E-state index is 11.1. The molecule has 1 fully saturated rings. The standard InChI is InChI=1S/C9H16N2O3/c12-8(11-6-4-9(13)14)3-5-10-7-1-2-7/h7,10H,1-6H2,(H,11,12)(H,13,14). The molecule has 1 amide bonds. The Balaban J connectivity index is 1.89. The number of carboxylic acid groups (broad SMARTS) is 1. The van der Waals surface area contributed by atoms with E-state index in [2.05, 4.69) is 10.6 Å². The minimum atomic E-state index is -0.888. The van der Waals surface area contributed by atoms with Gasteiger partial charge in [0.2, 0.25) is 5.91 Å². The lowest BCUT2D eigenvalue weighted by atomic mass is 10.3. The van der Waals surface area contributed by atoms with Gasteiger partial charge in [-0.1, -0.05) is 0 Å². The first kappa shape index (κ1) is 11.0.